The Morgan fingerprint density at radius 3 is 2.55 bits per heavy atom. The zero-order chi connectivity index (χ0) is 20.3. The largest absolute Gasteiger partial charge is 0.452 e. The second-order valence-electron chi connectivity index (χ2n) is 7.02. The van der Waals surface area contributed by atoms with Crippen LogP contribution in [-0.4, -0.2) is 24.3 Å². The minimum absolute atomic E-state index is 0.387. The summed E-state index contributed by atoms with van der Waals surface area (Å²) in [6.45, 7) is -0.387. The molecule has 1 N–H and O–H groups in total. The Kier molecular flexibility index (Phi) is 5.45. The Morgan fingerprint density at radius 1 is 1.07 bits per heavy atom. The third-order valence-electron chi connectivity index (χ3n) is 4.81. The number of anilines is 1. The first-order valence-corrected chi connectivity index (χ1v) is 9.82. The van der Waals surface area contributed by atoms with Gasteiger partial charge in [-0.2, -0.15) is 0 Å². The van der Waals surface area contributed by atoms with E-state index in [2.05, 4.69) is 5.32 Å². The highest BCUT2D eigenvalue weighted by Gasteiger charge is 2.44. The van der Waals surface area contributed by atoms with Crippen LogP contribution in [0.5, 0.6) is 11.5 Å². The molecule has 6 nitrogen and oxygen atoms in total. The number of halogens is 1. The van der Waals surface area contributed by atoms with Gasteiger partial charge in [-0.15, -0.1) is 0 Å². The lowest BCUT2D eigenvalue weighted by molar-refractivity contribution is -0.142. The number of hydrogen-bond donors (Lipinski definition) is 1. The van der Waals surface area contributed by atoms with Gasteiger partial charge in [0.15, 0.2) is 18.1 Å². The number of carbonyl (C=O) groups is 2. The average molecular weight is 414 g/mol. The van der Waals surface area contributed by atoms with Gasteiger partial charge < -0.3 is 19.5 Å². The van der Waals surface area contributed by atoms with Crippen molar-refractivity contribution in [3.05, 3.63) is 59.1 Å². The molecule has 4 rings (SSSR count). The summed E-state index contributed by atoms with van der Waals surface area (Å²) >= 11 is 5.81. The third kappa shape index (κ3) is 4.71. The van der Waals surface area contributed by atoms with E-state index in [-0.39, 0.29) is 6.61 Å². The predicted octanol–water partition coefficient (Wildman–Crippen LogP) is 4.58. The quantitative estimate of drug-likeness (QED) is 0.573. The first-order valence-electron chi connectivity index (χ1n) is 9.44. The fourth-order valence-corrected chi connectivity index (χ4v) is 3.54. The SMILES string of the molecule is O=C(COC(=O)/C=C/c1ccc(Cl)cc1)Nc1ccc2c(c1)OC1(CCCC1)O2. The molecule has 1 heterocycles. The fraction of sp³-hybridized carbons (Fsp3) is 0.273. The molecule has 2 aromatic carbocycles. The van der Waals surface area contributed by atoms with Crippen molar-refractivity contribution in [3.8, 4) is 11.5 Å². The van der Waals surface area contributed by atoms with Crippen molar-refractivity contribution in [2.45, 2.75) is 31.5 Å². The van der Waals surface area contributed by atoms with E-state index >= 15 is 0 Å². The van der Waals surface area contributed by atoms with E-state index in [4.69, 9.17) is 25.8 Å². The summed E-state index contributed by atoms with van der Waals surface area (Å²) in [5.41, 5.74) is 1.36. The summed E-state index contributed by atoms with van der Waals surface area (Å²) in [7, 11) is 0. The number of hydrogen-bond acceptors (Lipinski definition) is 5. The zero-order valence-corrected chi connectivity index (χ0v) is 16.4. The molecular weight excluding hydrogens is 394 g/mol. The first kappa shape index (κ1) is 19.3. The van der Waals surface area contributed by atoms with Crippen LogP contribution in [-0.2, 0) is 14.3 Å². The summed E-state index contributed by atoms with van der Waals surface area (Å²) in [5, 5.41) is 3.31. The van der Waals surface area contributed by atoms with E-state index in [9.17, 15) is 9.59 Å². The van der Waals surface area contributed by atoms with Crippen molar-refractivity contribution in [1.29, 1.82) is 0 Å². The maximum Gasteiger partial charge on any atom is 0.331 e. The van der Waals surface area contributed by atoms with Crippen LogP contribution in [0.4, 0.5) is 5.69 Å². The van der Waals surface area contributed by atoms with Crippen molar-refractivity contribution in [2.24, 2.45) is 0 Å². The number of amides is 1. The topological polar surface area (TPSA) is 73.9 Å². The summed E-state index contributed by atoms with van der Waals surface area (Å²) in [4.78, 5) is 23.9. The van der Waals surface area contributed by atoms with Crippen LogP contribution < -0.4 is 14.8 Å². The van der Waals surface area contributed by atoms with Crippen molar-refractivity contribution in [3.63, 3.8) is 0 Å². The molecule has 2 aromatic rings. The number of benzene rings is 2. The maximum atomic E-state index is 12.1. The Morgan fingerprint density at radius 2 is 1.79 bits per heavy atom. The van der Waals surface area contributed by atoms with Crippen LogP contribution in [0.2, 0.25) is 5.02 Å². The number of rotatable bonds is 5. The fourth-order valence-electron chi connectivity index (χ4n) is 3.41. The Balaban J connectivity index is 1.27. The molecule has 1 saturated carbocycles. The molecule has 1 aliphatic heterocycles. The second-order valence-corrected chi connectivity index (χ2v) is 7.46. The van der Waals surface area contributed by atoms with Gasteiger partial charge in [-0.25, -0.2) is 4.79 Å². The molecule has 0 bridgehead atoms. The molecule has 0 radical (unpaired) electrons. The molecule has 29 heavy (non-hydrogen) atoms. The van der Waals surface area contributed by atoms with E-state index in [0.717, 1.165) is 31.2 Å². The molecule has 0 unspecified atom stereocenters. The molecule has 7 heteroatoms. The number of carbonyl (C=O) groups excluding carboxylic acids is 2. The normalized spacial score (nSPS) is 16.3. The predicted molar refractivity (Wildman–Crippen MR) is 109 cm³/mol. The highest BCUT2D eigenvalue weighted by molar-refractivity contribution is 6.30. The molecule has 1 fully saturated rings. The summed E-state index contributed by atoms with van der Waals surface area (Å²) in [5.74, 6) is -0.287. The molecule has 0 saturated heterocycles. The van der Waals surface area contributed by atoms with Crippen molar-refractivity contribution >= 4 is 35.2 Å². The van der Waals surface area contributed by atoms with Crippen LogP contribution in [0.1, 0.15) is 31.2 Å². The molecule has 0 aromatic heterocycles. The van der Waals surface area contributed by atoms with Gasteiger partial charge in [-0.1, -0.05) is 23.7 Å². The first-order chi connectivity index (χ1) is 14.0. The number of fused-ring (bicyclic) bond motifs is 1. The van der Waals surface area contributed by atoms with Gasteiger partial charge >= 0.3 is 5.97 Å². The lowest BCUT2D eigenvalue weighted by atomic mass is 10.2. The molecule has 2 aliphatic rings. The lowest BCUT2D eigenvalue weighted by Gasteiger charge is -2.21. The van der Waals surface area contributed by atoms with Gasteiger partial charge in [0.1, 0.15) is 0 Å². The van der Waals surface area contributed by atoms with E-state index < -0.39 is 17.7 Å². The van der Waals surface area contributed by atoms with Crippen LogP contribution in [0, 0.1) is 0 Å². The smallest absolute Gasteiger partial charge is 0.331 e. The average Bonchev–Trinajstić information content (AvgIpc) is 3.31. The number of ether oxygens (including phenoxy) is 3. The molecule has 1 aliphatic carbocycles. The molecule has 0 atom stereocenters. The molecule has 1 spiro atoms. The minimum Gasteiger partial charge on any atom is -0.452 e. The van der Waals surface area contributed by atoms with Crippen molar-refractivity contribution in [2.75, 3.05) is 11.9 Å². The Labute approximate surface area is 173 Å². The lowest BCUT2D eigenvalue weighted by Crippen LogP contribution is -2.34. The summed E-state index contributed by atoms with van der Waals surface area (Å²) in [6.07, 6.45) is 6.74. The molecule has 1 amide bonds. The minimum atomic E-state index is -0.607. The second kappa shape index (κ2) is 8.17. The summed E-state index contributed by atoms with van der Waals surface area (Å²) in [6, 6.07) is 12.2. The third-order valence-corrected chi connectivity index (χ3v) is 5.06. The van der Waals surface area contributed by atoms with Crippen LogP contribution in [0.25, 0.3) is 6.08 Å². The molecular formula is C22H20ClNO5. The van der Waals surface area contributed by atoms with Gasteiger partial charge in [-0.05, 0) is 48.7 Å². The van der Waals surface area contributed by atoms with Gasteiger partial charge in [0.05, 0.1) is 0 Å². The van der Waals surface area contributed by atoms with Gasteiger partial charge in [0, 0.05) is 35.7 Å². The number of esters is 1. The van der Waals surface area contributed by atoms with Gasteiger partial charge in [-0.3, -0.25) is 4.79 Å². The zero-order valence-electron chi connectivity index (χ0n) is 15.7. The van der Waals surface area contributed by atoms with Crippen molar-refractivity contribution < 1.29 is 23.8 Å². The number of nitrogens with one attached hydrogen (secondary N) is 1. The van der Waals surface area contributed by atoms with E-state index in [1.54, 1.807) is 48.5 Å². The van der Waals surface area contributed by atoms with E-state index in [1.165, 1.54) is 6.08 Å². The van der Waals surface area contributed by atoms with Crippen molar-refractivity contribution in [1.82, 2.24) is 0 Å². The molecule has 150 valence electrons. The van der Waals surface area contributed by atoms with Gasteiger partial charge in [0.2, 0.25) is 0 Å². The highest BCUT2D eigenvalue weighted by atomic mass is 35.5. The Hall–Kier alpha value is -2.99. The highest BCUT2D eigenvalue weighted by Crippen LogP contribution is 2.47. The monoisotopic (exact) mass is 413 g/mol. The van der Waals surface area contributed by atoms with Crippen LogP contribution >= 0.6 is 11.6 Å². The van der Waals surface area contributed by atoms with Crippen LogP contribution in [0.3, 0.4) is 0 Å². The van der Waals surface area contributed by atoms with E-state index in [1.807, 2.05) is 0 Å². The maximum absolute atomic E-state index is 12.1. The Bertz CT molecular complexity index is 948. The standard InChI is InChI=1S/C22H20ClNO5/c23-16-6-3-15(4-7-16)5-10-21(26)27-14-20(25)24-17-8-9-18-19(13-17)29-22(28-18)11-1-2-12-22/h3-10,13H,1-2,11-12,14H2,(H,24,25)/b10-5+. The van der Waals surface area contributed by atoms with Gasteiger partial charge in [0.25, 0.3) is 11.7 Å². The summed E-state index contributed by atoms with van der Waals surface area (Å²) < 4.78 is 16.9. The van der Waals surface area contributed by atoms with E-state index in [0.29, 0.717) is 22.2 Å². The van der Waals surface area contributed by atoms with Crippen LogP contribution in [0.15, 0.2) is 48.5 Å².